The molecule has 3 nitrogen and oxygen atoms in total. The molecule has 2 N–H and O–H groups in total. The Morgan fingerprint density at radius 1 is 1.33 bits per heavy atom. The lowest BCUT2D eigenvalue weighted by Gasteiger charge is -2.08. The molecule has 0 aliphatic heterocycles. The van der Waals surface area contributed by atoms with E-state index < -0.39 is 5.82 Å². The first kappa shape index (κ1) is 12.8. The molecular formula is C13H13ClFN3. The molecule has 0 radical (unpaired) electrons. The van der Waals surface area contributed by atoms with Crippen LogP contribution < -0.4 is 5.73 Å². The summed E-state index contributed by atoms with van der Waals surface area (Å²) in [5, 5.41) is 0.0783. The molecule has 2 aromatic rings. The second kappa shape index (κ2) is 4.90. The van der Waals surface area contributed by atoms with Crippen LogP contribution in [-0.2, 0) is 6.42 Å². The first-order valence-electron chi connectivity index (χ1n) is 5.61. The lowest BCUT2D eigenvalue weighted by Crippen LogP contribution is -2.04. The molecule has 5 heteroatoms. The maximum atomic E-state index is 13.4. The Morgan fingerprint density at radius 2 is 2.06 bits per heavy atom. The number of anilines is 1. The Kier molecular flexibility index (Phi) is 3.48. The molecule has 0 atom stereocenters. The van der Waals surface area contributed by atoms with Gasteiger partial charge in [0.15, 0.2) is 5.82 Å². The van der Waals surface area contributed by atoms with Crippen molar-refractivity contribution in [2.45, 2.75) is 20.3 Å². The Hall–Kier alpha value is -1.68. The number of benzene rings is 1. The zero-order valence-corrected chi connectivity index (χ0v) is 10.9. The fraction of sp³-hybridized carbons (Fsp3) is 0.231. The molecule has 1 aromatic carbocycles. The molecule has 0 saturated heterocycles. The summed E-state index contributed by atoms with van der Waals surface area (Å²) in [7, 11) is 0. The minimum absolute atomic E-state index is 0.0783. The maximum Gasteiger partial charge on any atom is 0.161 e. The molecule has 0 aliphatic carbocycles. The highest BCUT2D eigenvalue weighted by atomic mass is 35.5. The number of nitrogens with two attached hydrogens (primary N) is 1. The summed E-state index contributed by atoms with van der Waals surface area (Å²) >= 11 is 5.64. The summed E-state index contributed by atoms with van der Waals surface area (Å²) in [6.45, 7) is 3.86. The summed E-state index contributed by atoms with van der Waals surface area (Å²) in [5.41, 5.74) is 8.14. The largest absolute Gasteiger partial charge is 0.383 e. The molecule has 0 saturated carbocycles. The van der Waals surface area contributed by atoms with E-state index in [9.17, 15) is 4.39 Å². The fourth-order valence-electron chi connectivity index (χ4n) is 1.69. The second-order valence-corrected chi connectivity index (χ2v) is 4.39. The number of aryl methyl sites for hydroxylation is 1. The molecule has 94 valence electrons. The smallest absolute Gasteiger partial charge is 0.161 e. The maximum absolute atomic E-state index is 13.4. The van der Waals surface area contributed by atoms with Crippen LogP contribution >= 0.6 is 11.6 Å². The Labute approximate surface area is 110 Å². The van der Waals surface area contributed by atoms with Gasteiger partial charge >= 0.3 is 0 Å². The number of hydrogen-bond donors (Lipinski definition) is 1. The van der Waals surface area contributed by atoms with E-state index in [4.69, 9.17) is 17.3 Å². The van der Waals surface area contributed by atoms with Gasteiger partial charge in [0, 0.05) is 16.8 Å². The van der Waals surface area contributed by atoms with Gasteiger partial charge in [0.1, 0.15) is 11.6 Å². The highest BCUT2D eigenvalue weighted by Gasteiger charge is 2.10. The lowest BCUT2D eigenvalue weighted by atomic mass is 10.1. The van der Waals surface area contributed by atoms with Gasteiger partial charge in [-0.3, -0.25) is 0 Å². The van der Waals surface area contributed by atoms with E-state index in [-0.39, 0.29) is 5.02 Å². The summed E-state index contributed by atoms with van der Waals surface area (Å²) in [6.07, 6.45) is 0.752. The van der Waals surface area contributed by atoms with Crippen molar-refractivity contribution in [3.05, 3.63) is 40.3 Å². The molecule has 1 aromatic heterocycles. The van der Waals surface area contributed by atoms with Crippen molar-refractivity contribution in [2.75, 3.05) is 5.73 Å². The number of hydrogen-bond acceptors (Lipinski definition) is 3. The van der Waals surface area contributed by atoms with Gasteiger partial charge < -0.3 is 5.73 Å². The molecule has 18 heavy (non-hydrogen) atoms. The zero-order chi connectivity index (χ0) is 13.3. The van der Waals surface area contributed by atoms with Crippen molar-refractivity contribution in [2.24, 2.45) is 0 Å². The number of nitrogen functional groups attached to an aromatic ring is 1. The zero-order valence-electron chi connectivity index (χ0n) is 10.2. The monoisotopic (exact) mass is 265 g/mol. The molecule has 0 aliphatic rings. The summed E-state index contributed by atoms with van der Waals surface area (Å²) in [5.74, 6) is 0.354. The molecule has 0 unspecified atom stereocenters. The van der Waals surface area contributed by atoms with Gasteiger partial charge in [0.05, 0.1) is 5.02 Å². The normalized spacial score (nSPS) is 10.7. The average Bonchev–Trinajstić information content (AvgIpc) is 2.36. The Balaban J connectivity index is 2.57. The predicted octanol–water partition coefficient (Wildman–Crippen LogP) is 3.39. The Morgan fingerprint density at radius 3 is 2.67 bits per heavy atom. The lowest BCUT2D eigenvalue weighted by molar-refractivity contribution is 0.628. The van der Waals surface area contributed by atoms with E-state index in [0.29, 0.717) is 17.2 Å². The highest BCUT2D eigenvalue weighted by molar-refractivity contribution is 6.30. The van der Waals surface area contributed by atoms with Crippen LogP contribution in [0.1, 0.15) is 18.2 Å². The van der Waals surface area contributed by atoms with Gasteiger partial charge in [-0.2, -0.15) is 0 Å². The van der Waals surface area contributed by atoms with E-state index >= 15 is 0 Å². The van der Waals surface area contributed by atoms with Gasteiger partial charge in [-0.15, -0.1) is 0 Å². The van der Waals surface area contributed by atoms with Crippen LogP contribution in [0.15, 0.2) is 18.2 Å². The SMILES string of the molecule is CCc1nc(-c2ccc(Cl)c(F)c2)nc(N)c1C. The van der Waals surface area contributed by atoms with E-state index in [1.165, 1.54) is 12.1 Å². The van der Waals surface area contributed by atoms with Crippen molar-refractivity contribution < 1.29 is 4.39 Å². The van der Waals surface area contributed by atoms with Crippen LogP contribution in [0.3, 0.4) is 0 Å². The van der Waals surface area contributed by atoms with Crippen LogP contribution in [0.25, 0.3) is 11.4 Å². The van der Waals surface area contributed by atoms with Crippen molar-refractivity contribution >= 4 is 17.4 Å². The summed E-state index contributed by atoms with van der Waals surface area (Å²) < 4.78 is 13.4. The number of halogens is 2. The van der Waals surface area contributed by atoms with E-state index in [1.807, 2.05) is 13.8 Å². The van der Waals surface area contributed by atoms with Crippen LogP contribution in [0, 0.1) is 12.7 Å². The molecular weight excluding hydrogens is 253 g/mol. The molecule has 1 heterocycles. The molecule has 0 bridgehead atoms. The minimum atomic E-state index is -0.491. The predicted molar refractivity (Wildman–Crippen MR) is 71.0 cm³/mol. The third-order valence-corrected chi connectivity index (χ3v) is 3.10. The first-order chi connectivity index (χ1) is 8.52. The highest BCUT2D eigenvalue weighted by Crippen LogP contribution is 2.24. The second-order valence-electron chi connectivity index (χ2n) is 3.99. The summed E-state index contributed by atoms with van der Waals surface area (Å²) in [6, 6.07) is 4.47. The van der Waals surface area contributed by atoms with Crippen LogP contribution in [0.5, 0.6) is 0 Å². The van der Waals surface area contributed by atoms with E-state index in [0.717, 1.165) is 17.7 Å². The van der Waals surface area contributed by atoms with Crippen molar-refractivity contribution in [1.82, 2.24) is 9.97 Å². The minimum Gasteiger partial charge on any atom is -0.383 e. The van der Waals surface area contributed by atoms with Gasteiger partial charge in [0.25, 0.3) is 0 Å². The van der Waals surface area contributed by atoms with Gasteiger partial charge in [-0.1, -0.05) is 18.5 Å². The van der Waals surface area contributed by atoms with Crippen molar-refractivity contribution in [3.63, 3.8) is 0 Å². The van der Waals surface area contributed by atoms with Crippen molar-refractivity contribution in [3.8, 4) is 11.4 Å². The van der Waals surface area contributed by atoms with E-state index in [2.05, 4.69) is 9.97 Å². The number of nitrogens with zero attached hydrogens (tertiary/aromatic N) is 2. The van der Waals surface area contributed by atoms with Gasteiger partial charge in [-0.25, -0.2) is 14.4 Å². The third kappa shape index (κ3) is 2.29. The van der Waals surface area contributed by atoms with Crippen LogP contribution in [-0.4, -0.2) is 9.97 Å². The molecule has 2 rings (SSSR count). The van der Waals surface area contributed by atoms with Crippen molar-refractivity contribution in [1.29, 1.82) is 0 Å². The van der Waals surface area contributed by atoms with Crippen LogP contribution in [0.2, 0.25) is 5.02 Å². The molecule has 0 fully saturated rings. The fourth-order valence-corrected chi connectivity index (χ4v) is 1.81. The van der Waals surface area contributed by atoms with Gasteiger partial charge in [-0.05, 0) is 31.5 Å². The first-order valence-corrected chi connectivity index (χ1v) is 5.99. The topological polar surface area (TPSA) is 51.8 Å². The van der Waals surface area contributed by atoms with Crippen LogP contribution in [0.4, 0.5) is 10.2 Å². The quantitative estimate of drug-likeness (QED) is 0.906. The Bertz CT molecular complexity index is 599. The van der Waals surface area contributed by atoms with E-state index in [1.54, 1.807) is 6.07 Å². The molecule has 0 amide bonds. The number of aromatic nitrogens is 2. The standard InChI is InChI=1S/C13H13ClFN3/c1-3-11-7(2)12(16)18-13(17-11)8-4-5-9(14)10(15)6-8/h4-6H,3H2,1-2H3,(H2,16,17,18). The van der Waals surface area contributed by atoms with Gasteiger partial charge in [0.2, 0.25) is 0 Å². The summed E-state index contributed by atoms with van der Waals surface area (Å²) in [4.78, 5) is 8.57. The third-order valence-electron chi connectivity index (χ3n) is 2.80. The molecule has 0 spiro atoms. The number of rotatable bonds is 2. The average molecular weight is 266 g/mol.